The highest BCUT2D eigenvalue weighted by Gasteiger charge is 2.36. The molecular weight excluding hydrogens is 126 g/mol. The van der Waals surface area contributed by atoms with Crippen LogP contribution >= 0.6 is 0 Å². The van der Waals surface area contributed by atoms with Gasteiger partial charge < -0.3 is 5.11 Å². The van der Waals surface area contributed by atoms with Crippen LogP contribution in [0.15, 0.2) is 24.3 Å². The van der Waals surface area contributed by atoms with E-state index in [1.54, 1.807) is 0 Å². The minimum atomic E-state index is -0.125. The fourth-order valence-electron chi connectivity index (χ4n) is 1.65. The summed E-state index contributed by atoms with van der Waals surface area (Å²) in [5.41, 5.74) is -0.125. The summed E-state index contributed by atoms with van der Waals surface area (Å²) in [5, 5.41) is 9.08. The number of hydrogen-bond donors (Lipinski definition) is 1. The lowest BCUT2D eigenvalue weighted by Crippen LogP contribution is -2.41. The molecule has 2 aliphatic rings. The molecular formula is C8H11NO. The molecule has 0 aromatic heterocycles. The summed E-state index contributed by atoms with van der Waals surface area (Å²) in [4.78, 5) is 2.24. The number of fused-ring (bicyclic) bond motifs is 1. The third kappa shape index (κ3) is 0.604. The van der Waals surface area contributed by atoms with E-state index >= 15 is 0 Å². The molecule has 0 amide bonds. The maximum absolute atomic E-state index is 9.08. The van der Waals surface area contributed by atoms with E-state index in [2.05, 4.69) is 29.2 Å². The summed E-state index contributed by atoms with van der Waals surface area (Å²) in [6.45, 7) is 2.17. The number of rotatable bonds is 1. The zero-order valence-corrected chi connectivity index (χ0v) is 5.83. The maximum atomic E-state index is 9.08. The maximum Gasteiger partial charge on any atom is 0.0816 e. The van der Waals surface area contributed by atoms with Crippen LogP contribution in [0.2, 0.25) is 0 Å². The van der Waals surface area contributed by atoms with Gasteiger partial charge in [-0.25, -0.2) is 0 Å². The average Bonchev–Trinajstić information content (AvgIpc) is 2.42. The number of nitrogens with zero attached hydrogens (tertiary/aromatic N) is 1. The van der Waals surface area contributed by atoms with Gasteiger partial charge in [0.15, 0.2) is 0 Å². The highest BCUT2D eigenvalue weighted by Crippen LogP contribution is 2.28. The Hall–Kier alpha value is -0.600. The largest absolute Gasteiger partial charge is 0.394 e. The number of aliphatic hydroxyl groups is 1. The van der Waals surface area contributed by atoms with Gasteiger partial charge in [0.25, 0.3) is 0 Å². The molecule has 0 saturated carbocycles. The third-order valence-corrected chi connectivity index (χ3v) is 2.31. The highest BCUT2D eigenvalue weighted by molar-refractivity contribution is 5.29. The Morgan fingerprint density at radius 1 is 1.30 bits per heavy atom. The van der Waals surface area contributed by atoms with Gasteiger partial charge in [-0.1, -0.05) is 24.3 Å². The van der Waals surface area contributed by atoms with Gasteiger partial charge in [0.05, 0.1) is 12.1 Å². The minimum Gasteiger partial charge on any atom is -0.394 e. The van der Waals surface area contributed by atoms with E-state index in [9.17, 15) is 0 Å². The van der Waals surface area contributed by atoms with Gasteiger partial charge in [0.2, 0.25) is 0 Å². The SMILES string of the molecule is OCC12C=CCN1CC=C2. The van der Waals surface area contributed by atoms with Crippen molar-refractivity contribution in [1.29, 1.82) is 0 Å². The minimum absolute atomic E-state index is 0.125. The summed E-state index contributed by atoms with van der Waals surface area (Å²) in [5.74, 6) is 0. The normalized spacial score (nSPS) is 27.7. The summed E-state index contributed by atoms with van der Waals surface area (Å²) in [6.07, 6.45) is 8.38. The van der Waals surface area contributed by atoms with Crippen molar-refractivity contribution in [3.8, 4) is 0 Å². The van der Waals surface area contributed by atoms with Gasteiger partial charge in [-0.2, -0.15) is 0 Å². The Balaban J connectivity index is 2.30. The summed E-state index contributed by atoms with van der Waals surface area (Å²) >= 11 is 0. The van der Waals surface area contributed by atoms with Crippen LogP contribution in [0.4, 0.5) is 0 Å². The monoisotopic (exact) mass is 137 g/mol. The van der Waals surface area contributed by atoms with Crippen molar-refractivity contribution in [3.63, 3.8) is 0 Å². The second-order valence-electron chi connectivity index (χ2n) is 2.86. The van der Waals surface area contributed by atoms with E-state index in [-0.39, 0.29) is 12.1 Å². The lowest BCUT2D eigenvalue weighted by atomic mass is 10.0. The van der Waals surface area contributed by atoms with Gasteiger partial charge in [-0.05, 0) is 0 Å². The van der Waals surface area contributed by atoms with Crippen molar-refractivity contribution in [2.75, 3.05) is 19.7 Å². The summed E-state index contributed by atoms with van der Waals surface area (Å²) in [7, 11) is 0. The Morgan fingerprint density at radius 2 is 1.90 bits per heavy atom. The third-order valence-electron chi connectivity index (χ3n) is 2.31. The highest BCUT2D eigenvalue weighted by atomic mass is 16.3. The first kappa shape index (κ1) is 6.13. The first-order chi connectivity index (χ1) is 4.87. The summed E-state index contributed by atoms with van der Waals surface area (Å²) in [6, 6.07) is 0. The molecule has 2 rings (SSSR count). The van der Waals surface area contributed by atoms with E-state index in [1.807, 2.05) is 0 Å². The van der Waals surface area contributed by atoms with Crippen molar-refractivity contribution in [3.05, 3.63) is 24.3 Å². The van der Waals surface area contributed by atoms with Crippen LogP contribution in [0.25, 0.3) is 0 Å². The van der Waals surface area contributed by atoms with Crippen molar-refractivity contribution in [2.45, 2.75) is 5.54 Å². The van der Waals surface area contributed by atoms with Crippen LogP contribution in [0.3, 0.4) is 0 Å². The second kappa shape index (κ2) is 1.94. The molecule has 0 spiro atoms. The van der Waals surface area contributed by atoms with Gasteiger partial charge in [-0.15, -0.1) is 0 Å². The van der Waals surface area contributed by atoms with Crippen LogP contribution < -0.4 is 0 Å². The fraction of sp³-hybridized carbons (Fsp3) is 0.500. The Labute approximate surface area is 60.5 Å². The molecule has 2 nitrogen and oxygen atoms in total. The first-order valence-corrected chi connectivity index (χ1v) is 3.59. The van der Waals surface area contributed by atoms with Crippen molar-refractivity contribution < 1.29 is 5.11 Å². The Morgan fingerprint density at radius 3 is 2.30 bits per heavy atom. The molecule has 0 radical (unpaired) electrons. The fourth-order valence-corrected chi connectivity index (χ4v) is 1.65. The van der Waals surface area contributed by atoms with Crippen LogP contribution in [0.5, 0.6) is 0 Å². The second-order valence-corrected chi connectivity index (χ2v) is 2.86. The predicted molar refractivity (Wildman–Crippen MR) is 39.7 cm³/mol. The van der Waals surface area contributed by atoms with E-state index in [4.69, 9.17) is 5.11 Å². The van der Waals surface area contributed by atoms with E-state index in [1.165, 1.54) is 0 Å². The van der Waals surface area contributed by atoms with Gasteiger partial charge in [-0.3, -0.25) is 4.90 Å². The van der Waals surface area contributed by atoms with Crippen molar-refractivity contribution in [2.24, 2.45) is 0 Å². The quantitative estimate of drug-likeness (QED) is 0.520. The molecule has 1 N–H and O–H groups in total. The topological polar surface area (TPSA) is 23.5 Å². The Bertz CT molecular complexity index is 179. The van der Waals surface area contributed by atoms with Gasteiger partial charge in [0, 0.05) is 13.1 Å². The number of aliphatic hydroxyl groups excluding tert-OH is 1. The van der Waals surface area contributed by atoms with E-state index in [0.717, 1.165) is 13.1 Å². The zero-order valence-electron chi connectivity index (χ0n) is 5.83. The lowest BCUT2D eigenvalue weighted by molar-refractivity contribution is 0.146. The summed E-state index contributed by atoms with van der Waals surface area (Å²) < 4.78 is 0. The molecule has 2 heteroatoms. The molecule has 10 heavy (non-hydrogen) atoms. The van der Waals surface area contributed by atoms with E-state index in [0.29, 0.717) is 0 Å². The zero-order chi connectivity index (χ0) is 7.03. The average molecular weight is 137 g/mol. The molecule has 0 aromatic rings. The number of hydrogen-bond acceptors (Lipinski definition) is 2. The molecule has 0 bridgehead atoms. The molecule has 0 saturated heterocycles. The van der Waals surface area contributed by atoms with E-state index < -0.39 is 0 Å². The Kier molecular flexibility index (Phi) is 1.19. The standard InChI is InChI=1S/C8H11NO/c10-7-8-3-1-5-9(8)6-2-4-8/h1-4,10H,5-7H2. The first-order valence-electron chi connectivity index (χ1n) is 3.59. The van der Waals surface area contributed by atoms with Gasteiger partial charge in [0.1, 0.15) is 0 Å². The van der Waals surface area contributed by atoms with Crippen LogP contribution in [0.1, 0.15) is 0 Å². The molecule has 0 aromatic carbocycles. The van der Waals surface area contributed by atoms with Crippen molar-refractivity contribution >= 4 is 0 Å². The van der Waals surface area contributed by atoms with Crippen molar-refractivity contribution in [1.82, 2.24) is 4.90 Å². The lowest BCUT2D eigenvalue weighted by Gasteiger charge is -2.27. The molecule has 0 unspecified atom stereocenters. The molecule has 0 fully saturated rings. The molecule has 2 heterocycles. The molecule has 54 valence electrons. The molecule has 2 aliphatic heterocycles. The van der Waals surface area contributed by atoms with Crippen LogP contribution in [0, 0.1) is 0 Å². The smallest absolute Gasteiger partial charge is 0.0816 e. The molecule has 0 atom stereocenters. The van der Waals surface area contributed by atoms with Crippen LogP contribution in [-0.4, -0.2) is 35.2 Å². The van der Waals surface area contributed by atoms with Crippen LogP contribution in [-0.2, 0) is 0 Å². The molecule has 0 aliphatic carbocycles. The predicted octanol–water partition coefficient (Wildman–Crippen LogP) is 0.159. The van der Waals surface area contributed by atoms with Gasteiger partial charge >= 0.3 is 0 Å².